The van der Waals surface area contributed by atoms with Crippen molar-refractivity contribution < 1.29 is 22.8 Å². The summed E-state index contributed by atoms with van der Waals surface area (Å²) in [7, 11) is 0. The molecule has 0 spiro atoms. The van der Waals surface area contributed by atoms with Crippen molar-refractivity contribution in [3.8, 4) is 0 Å². The molecule has 2 aliphatic heterocycles. The molecule has 0 atom stereocenters. The fourth-order valence-electron chi connectivity index (χ4n) is 2.86. The van der Waals surface area contributed by atoms with Gasteiger partial charge in [-0.3, -0.25) is 9.59 Å². The van der Waals surface area contributed by atoms with Crippen LogP contribution in [0.2, 0.25) is 0 Å². The number of alkyl halides is 3. The van der Waals surface area contributed by atoms with Crippen molar-refractivity contribution in [2.45, 2.75) is 19.3 Å². The third-order valence-electron chi connectivity index (χ3n) is 4.02. The third-order valence-corrected chi connectivity index (χ3v) is 4.51. The first-order valence-electron chi connectivity index (χ1n) is 7.75. The highest BCUT2D eigenvalue weighted by Crippen LogP contribution is 2.26. The molecule has 2 aromatic rings. The van der Waals surface area contributed by atoms with Crippen LogP contribution in [0, 0.1) is 0 Å². The molecule has 0 unspecified atom stereocenters. The van der Waals surface area contributed by atoms with Crippen molar-refractivity contribution in [2.24, 2.45) is 0 Å². The molecule has 8 heteroatoms. The molecule has 0 saturated carbocycles. The lowest BCUT2D eigenvalue weighted by molar-refractivity contribution is -0.140. The van der Waals surface area contributed by atoms with Crippen molar-refractivity contribution in [1.29, 1.82) is 0 Å². The maximum atomic E-state index is 12.1. The quantitative estimate of drug-likeness (QED) is 0.751. The number of nitrogens with one attached hydrogen (secondary N) is 1. The minimum absolute atomic E-state index is 0.0347. The lowest BCUT2D eigenvalue weighted by atomic mass is 10.1. The van der Waals surface area contributed by atoms with Gasteiger partial charge in [-0.1, -0.05) is 34.1 Å². The molecule has 0 aliphatic carbocycles. The SMILES string of the molecule is O=C1NCc2cc(Br)ccc21.O=C1c2ccccc2CN1CC(F)(F)F. The Morgan fingerprint density at radius 1 is 1.04 bits per heavy atom. The maximum Gasteiger partial charge on any atom is 0.406 e. The Labute approximate surface area is 156 Å². The predicted octanol–water partition coefficient (Wildman–Crippen LogP) is 3.90. The number of nitrogens with zero attached hydrogens (tertiary/aromatic N) is 1. The summed E-state index contributed by atoms with van der Waals surface area (Å²) in [5.74, 6) is -0.504. The van der Waals surface area contributed by atoms with Crippen LogP contribution in [0.4, 0.5) is 13.2 Å². The molecule has 4 rings (SSSR count). The van der Waals surface area contributed by atoms with Gasteiger partial charge in [-0.05, 0) is 35.4 Å². The number of halogens is 4. The lowest BCUT2D eigenvalue weighted by Crippen LogP contribution is -2.34. The second kappa shape index (κ2) is 7.11. The molecule has 2 aromatic carbocycles. The summed E-state index contributed by atoms with van der Waals surface area (Å²) < 4.78 is 37.4. The minimum atomic E-state index is -4.34. The minimum Gasteiger partial charge on any atom is -0.348 e. The van der Waals surface area contributed by atoms with E-state index in [1.165, 1.54) is 0 Å². The second-order valence-corrected chi connectivity index (χ2v) is 6.83. The van der Waals surface area contributed by atoms with Gasteiger partial charge >= 0.3 is 6.18 Å². The van der Waals surface area contributed by atoms with Gasteiger partial charge in [0.2, 0.25) is 0 Å². The smallest absolute Gasteiger partial charge is 0.348 e. The van der Waals surface area contributed by atoms with Crippen LogP contribution in [0.25, 0.3) is 0 Å². The molecule has 0 aromatic heterocycles. The van der Waals surface area contributed by atoms with E-state index in [0.29, 0.717) is 17.7 Å². The third kappa shape index (κ3) is 4.07. The molecule has 26 heavy (non-hydrogen) atoms. The number of carbonyl (C=O) groups is 2. The van der Waals surface area contributed by atoms with E-state index in [0.717, 1.165) is 20.5 Å². The highest BCUT2D eigenvalue weighted by Gasteiger charge is 2.36. The van der Waals surface area contributed by atoms with Crippen LogP contribution in [0.3, 0.4) is 0 Å². The Hall–Kier alpha value is -2.35. The largest absolute Gasteiger partial charge is 0.406 e. The Morgan fingerprint density at radius 2 is 1.77 bits per heavy atom. The number of rotatable bonds is 1. The summed E-state index contributed by atoms with van der Waals surface area (Å²) in [6.45, 7) is -0.470. The molecular weight excluding hydrogens is 413 g/mol. The molecule has 0 radical (unpaired) electrons. The molecule has 1 N–H and O–H groups in total. The van der Waals surface area contributed by atoms with E-state index in [2.05, 4.69) is 21.2 Å². The lowest BCUT2D eigenvalue weighted by Gasteiger charge is -2.17. The Kier molecular flexibility index (Phi) is 5.04. The van der Waals surface area contributed by atoms with Gasteiger partial charge in [0.25, 0.3) is 11.8 Å². The zero-order chi connectivity index (χ0) is 18.9. The first-order valence-corrected chi connectivity index (χ1v) is 8.54. The average molecular weight is 427 g/mol. The molecule has 0 saturated heterocycles. The van der Waals surface area contributed by atoms with Gasteiger partial charge in [0, 0.05) is 28.7 Å². The van der Waals surface area contributed by atoms with E-state index in [1.807, 2.05) is 18.2 Å². The number of carbonyl (C=O) groups excluding carboxylic acids is 2. The van der Waals surface area contributed by atoms with Gasteiger partial charge < -0.3 is 10.2 Å². The molecule has 2 aliphatic rings. The van der Waals surface area contributed by atoms with Crippen LogP contribution in [0.15, 0.2) is 46.9 Å². The molecule has 136 valence electrons. The fraction of sp³-hybridized carbons (Fsp3) is 0.222. The first kappa shape index (κ1) is 18.4. The fourth-order valence-corrected chi connectivity index (χ4v) is 3.27. The predicted molar refractivity (Wildman–Crippen MR) is 92.5 cm³/mol. The van der Waals surface area contributed by atoms with E-state index in [-0.39, 0.29) is 12.5 Å². The van der Waals surface area contributed by atoms with Crippen molar-refractivity contribution in [2.75, 3.05) is 6.54 Å². The van der Waals surface area contributed by atoms with Gasteiger partial charge in [0.1, 0.15) is 6.54 Å². The number of amides is 2. The van der Waals surface area contributed by atoms with Crippen LogP contribution in [0.1, 0.15) is 31.8 Å². The second-order valence-electron chi connectivity index (χ2n) is 5.92. The van der Waals surface area contributed by atoms with Crippen LogP contribution < -0.4 is 5.32 Å². The standard InChI is InChI=1S/C10H8F3NO.C8H6BrNO/c11-10(12,13)6-14-5-7-3-1-2-4-8(7)9(14)15;9-6-1-2-7-5(3-6)4-10-8(7)11/h1-4H,5-6H2;1-3H,4H2,(H,10,11). The van der Waals surface area contributed by atoms with E-state index >= 15 is 0 Å². The van der Waals surface area contributed by atoms with E-state index < -0.39 is 18.6 Å². The summed E-state index contributed by atoms with van der Waals surface area (Å²) in [5.41, 5.74) is 2.91. The van der Waals surface area contributed by atoms with E-state index in [9.17, 15) is 22.8 Å². The van der Waals surface area contributed by atoms with Crippen LogP contribution in [0.5, 0.6) is 0 Å². The zero-order valence-corrected chi connectivity index (χ0v) is 15.0. The van der Waals surface area contributed by atoms with Gasteiger partial charge in [-0.15, -0.1) is 0 Å². The van der Waals surface area contributed by atoms with Gasteiger partial charge in [-0.25, -0.2) is 0 Å². The number of benzene rings is 2. The summed E-state index contributed by atoms with van der Waals surface area (Å²) in [5, 5.41) is 2.75. The normalized spacial score (nSPS) is 15.2. The zero-order valence-electron chi connectivity index (χ0n) is 13.4. The Balaban J connectivity index is 0.000000158. The topological polar surface area (TPSA) is 49.4 Å². The maximum absolute atomic E-state index is 12.1. The van der Waals surface area contributed by atoms with E-state index in [1.54, 1.807) is 24.3 Å². The Morgan fingerprint density at radius 3 is 2.46 bits per heavy atom. The summed E-state index contributed by atoms with van der Waals surface area (Å²) in [6.07, 6.45) is -4.34. The van der Waals surface area contributed by atoms with Crippen LogP contribution in [-0.2, 0) is 13.1 Å². The van der Waals surface area contributed by atoms with Gasteiger partial charge in [-0.2, -0.15) is 13.2 Å². The van der Waals surface area contributed by atoms with Crippen LogP contribution >= 0.6 is 15.9 Å². The van der Waals surface area contributed by atoms with Gasteiger partial charge in [0.15, 0.2) is 0 Å². The van der Waals surface area contributed by atoms with E-state index in [4.69, 9.17) is 0 Å². The molecule has 0 fully saturated rings. The van der Waals surface area contributed by atoms with Crippen molar-refractivity contribution in [3.63, 3.8) is 0 Å². The molecule has 4 nitrogen and oxygen atoms in total. The van der Waals surface area contributed by atoms with Gasteiger partial charge in [0.05, 0.1) is 0 Å². The Bertz CT molecular complexity index is 868. The summed E-state index contributed by atoms with van der Waals surface area (Å²) in [4.78, 5) is 23.4. The molecule has 0 bridgehead atoms. The first-order chi connectivity index (χ1) is 12.2. The monoisotopic (exact) mass is 426 g/mol. The molecule has 2 heterocycles. The number of hydrogen-bond acceptors (Lipinski definition) is 2. The highest BCUT2D eigenvalue weighted by atomic mass is 79.9. The number of hydrogen-bond donors (Lipinski definition) is 1. The highest BCUT2D eigenvalue weighted by molar-refractivity contribution is 9.10. The van der Waals surface area contributed by atoms with Crippen molar-refractivity contribution >= 4 is 27.7 Å². The number of fused-ring (bicyclic) bond motifs is 2. The van der Waals surface area contributed by atoms with Crippen molar-refractivity contribution in [3.05, 3.63) is 69.2 Å². The molecular formula is C18H14BrF3N2O2. The molecule has 2 amide bonds. The summed E-state index contributed by atoms with van der Waals surface area (Å²) in [6, 6.07) is 12.3. The average Bonchev–Trinajstić information content (AvgIpc) is 3.08. The van der Waals surface area contributed by atoms with Crippen molar-refractivity contribution in [1.82, 2.24) is 10.2 Å². The van der Waals surface area contributed by atoms with Crippen LogP contribution in [-0.4, -0.2) is 29.4 Å². The summed E-state index contributed by atoms with van der Waals surface area (Å²) >= 11 is 3.35.